The van der Waals surface area contributed by atoms with E-state index < -0.39 is 11.9 Å². The molecule has 0 bridgehead atoms. The molecular formula is C17H12N2O6S2. The van der Waals surface area contributed by atoms with Crippen LogP contribution in [-0.4, -0.2) is 43.5 Å². The predicted octanol–water partition coefficient (Wildman–Crippen LogP) is 3.46. The van der Waals surface area contributed by atoms with Gasteiger partial charge in [0.15, 0.2) is 6.29 Å². The van der Waals surface area contributed by atoms with E-state index in [1.807, 2.05) is 0 Å². The molecule has 0 spiro atoms. The van der Waals surface area contributed by atoms with Gasteiger partial charge in [0.05, 0.1) is 22.5 Å². The summed E-state index contributed by atoms with van der Waals surface area (Å²) in [5.74, 6) is -2.57. The highest BCUT2D eigenvalue weighted by molar-refractivity contribution is 7.17. The molecule has 0 aliphatic rings. The quantitative estimate of drug-likeness (QED) is 0.550. The zero-order chi connectivity index (χ0) is 19.9. The number of phenolic OH excluding ortho intramolecular Hbond substituents is 1. The smallest absolute Gasteiger partial charge is 0.347 e. The average Bonchev–Trinajstić information content (AvgIpc) is 3.18. The van der Waals surface area contributed by atoms with E-state index in [0.29, 0.717) is 28.2 Å². The predicted molar refractivity (Wildman–Crippen MR) is 99.1 cm³/mol. The minimum Gasteiger partial charge on any atom is -0.506 e. The second-order valence-electron chi connectivity index (χ2n) is 5.56. The summed E-state index contributed by atoms with van der Waals surface area (Å²) in [4.78, 5) is 42.4. The molecule has 0 aliphatic heterocycles. The van der Waals surface area contributed by atoms with E-state index in [1.165, 1.54) is 19.1 Å². The number of rotatable bonds is 5. The van der Waals surface area contributed by atoms with Gasteiger partial charge in [0.1, 0.15) is 25.5 Å². The summed E-state index contributed by atoms with van der Waals surface area (Å²) in [7, 11) is 0. The van der Waals surface area contributed by atoms with Crippen molar-refractivity contribution >= 4 is 40.9 Å². The van der Waals surface area contributed by atoms with Crippen molar-refractivity contribution in [1.82, 2.24) is 9.97 Å². The number of aldehydes is 1. The SMILES string of the molecule is Cc1nc(-c2cc(C=O)c(O)c(-c3nc(C)c(C(=O)O)s3)c2)sc1C(=O)O. The van der Waals surface area contributed by atoms with Crippen molar-refractivity contribution in [2.24, 2.45) is 0 Å². The first-order valence-electron chi connectivity index (χ1n) is 7.47. The van der Waals surface area contributed by atoms with Gasteiger partial charge in [0.25, 0.3) is 0 Å². The number of carbonyl (C=O) groups excluding carboxylic acids is 1. The molecule has 0 fully saturated rings. The van der Waals surface area contributed by atoms with Crippen molar-refractivity contribution in [3.05, 3.63) is 38.8 Å². The highest BCUT2D eigenvalue weighted by Gasteiger charge is 2.22. The maximum Gasteiger partial charge on any atom is 0.347 e. The Balaban J connectivity index is 2.21. The molecule has 0 amide bonds. The van der Waals surface area contributed by atoms with Crippen LogP contribution >= 0.6 is 22.7 Å². The third-order valence-corrected chi connectivity index (χ3v) is 6.10. The summed E-state index contributed by atoms with van der Waals surface area (Å²) >= 11 is 1.82. The number of nitrogens with zero attached hydrogens (tertiary/aromatic N) is 2. The van der Waals surface area contributed by atoms with Gasteiger partial charge in [0, 0.05) is 5.56 Å². The normalized spacial score (nSPS) is 10.7. The molecule has 1 aromatic carbocycles. The van der Waals surface area contributed by atoms with Crippen molar-refractivity contribution in [3.63, 3.8) is 0 Å². The molecular weight excluding hydrogens is 392 g/mol. The Labute approximate surface area is 160 Å². The van der Waals surface area contributed by atoms with Gasteiger partial charge < -0.3 is 15.3 Å². The summed E-state index contributed by atoms with van der Waals surface area (Å²) < 4.78 is 0. The third-order valence-electron chi connectivity index (χ3n) is 3.73. The van der Waals surface area contributed by atoms with Crippen molar-refractivity contribution in [1.29, 1.82) is 0 Å². The number of hydrogen-bond acceptors (Lipinski definition) is 8. The van der Waals surface area contributed by atoms with Crippen LogP contribution in [0, 0.1) is 13.8 Å². The van der Waals surface area contributed by atoms with Crippen LogP contribution in [0.3, 0.4) is 0 Å². The number of phenols is 1. The van der Waals surface area contributed by atoms with Crippen molar-refractivity contribution in [3.8, 4) is 26.9 Å². The average molecular weight is 404 g/mol. The fourth-order valence-electron chi connectivity index (χ4n) is 2.46. The van der Waals surface area contributed by atoms with E-state index in [0.717, 1.165) is 22.7 Å². The van der Waals surface area contributed by atoms with E-state index in [-0.39, 0.29) is 31.6 Å². The number of aromatic hydroxyl groups is 1. The molecule has 3 rings (SSSR count). The van der Waals surface area contributed by atoms with Crippen LogP contribution in [0.5, 0.6) is 5.75 Å². The van der Waals surface area contributed by atoms with Gasteiger partial charge >= 0.3 is 11.9 Å². The van der Waals surface area contributed by atoms with Gasteiger partial charge in [-0.2, -0.15) is 0 Å². The molecule has 10 heteroatoms. The fraction of sp³-hybridized carbons (Fsp3) is 0.118. The Hall–Kier alpha value is -3.11. The van der Waals surface area contributed by atoms with Crippen molar-refractivity contribution in [2.75, 3.05) is 0 Å². The van der Waals surface area contributed by atoms with E-state index in [4.69, 9.17) is 0 Å². The molecule has 0 radical (unpaired) electrons. The van der Waals surface area contributed by atoms with Gasteiger partial charge in [-0.3, -0.25) is 4.79 Å². The first kappa shape index (κ1) is 18.7. The Kier molecular flexibility index (Phi) is 4.77. The van der Waals surface area contributed by atoms with E-state index in [1.54, 1.807) is 6.92 Å². The number of aromatic carboxylic acids is 2. The minimum atomic E-state index is -1.14. The Morgan fingerprint density at radius 1 is 0.963 bits per heavy atom. The second-order valence-corrected chi connectivity index (χ2v) is 7.56. The van der Waals surface area contributed by atoms with Crippen LogP contribution < -0.4 is 0 Å². The van der Waals surface area contributed by atoms with Crippen LogP contribution in [0.25, 0.3) is 21.1 Å². The molecule has 2 aromatic heterocycles. The second kappa shape index (κ2) is 6.89. The van der Waals surface area contributed by atoms with Crippen molar-refractivity contribution in [2.45, 2.75) is 13.8 Å². The van der Waals surface area contributed by atoms with Crippen LogP contribution in [0.4, 0.5) is 0 Å². The highest BCUT2D eigenvalue weighted by Crippen LogP contribution is 2.40. The fourth-order valence-corrected chi connectivity index (χ4v) is 4.28. The van der Waals surface area contributed by atoms with Crippen LogP contribution in [-0.2, 0) is 0 Å². The maximum absolute atomic E-state index is 11.4. The summed E-state index contributed by atoms with van der Waals surface area (Å²) in [5, 5.41) is 29.4. The summed E-state index contributed by atoms with van der Waals surface area (Å²) in [5.41, 5.74) is 1.20. The van der Waals surface area contributed by atoms with Gasteiger partial charge in [-0.05, 0) is 26.0 Å². The molecule has 0 aliphatic carbocycles. The number of carboxylic acid groups (broad SMARTS) is 2. The Bertz CT molecular complexity index is 1100. The number of aryl methyl sites for hydroxylation is 2. The first-order valence-corrected chi connectivity index (χ1v) is 9.10. The molecule has 138 valence electrons. The summed E-state index contributed by atoms with van der Waals surface area (Å²) in [6.45, 7) is 3.10. The monoisotopic (exact) mass is 404 g/mol. The van der Waals surface area contributed by atoms with E-state index >= 15 is 0 Å². The molecule has 3 N–H and O–H groups in total. The van der Waals surface area contributed by atoms with Gasteiger partial charge in [0.2, 0.25) is 0 Å². The zero-order valence-corrected chi connectivity index (χ0v) is 15.6. The van der Waals surface area contributed by atoms with Crippen molar-refractivity contribution < 1.29 is 29.7 Å². The van der Waals surface area contributed by atoms with Gasteiger partial charge in [-0.25, -0.2) is 19.6 Å². The molecule has 0 saturated carbocycles. The lowest BCUT2D eigenvalue weighted by molar-refractivity contribution is 0.0690. The molecule has 27 heavy (non-hydrogen) atoms. The first-order chi connectivity index (χ1) is 12.7. The topological polar surface area (TPSA) is 138 Å². The molecule has 2 heterocycles. The maximum atomic E-state index is 11.4. The standard InChI is InChI=1S/C17H12N2O6S2/c1-6-12(16(22)23)26-14(18-6)8-3-9(5-20)11(21)10(4-8)15-19-7(2)13(27-15)17(24)25/h3-5,21H,1-2H3,(H,22,23)(H,24,25). The van der Waals surface area contributed by atoms with Crippen LogP contribution in [0.1, 0.15) is 41.1 Å². The minimum absolute atomic E-state index is 0.0284. The number of hydrogen-bond donors (Lipinski definition) is 3. The lowest BCUT2D eigenvalue weighted by Crippen LogP contribution is -1.94. The van der Waals surface area contributed by atoms with Crippen LogP contribution in [0.15, 0.2) is 12.1 Å². The lowest BCUT2D eigenvalue weighted by atomic mass is 10.0. The largest absolute Gasteiger partial charge is 0.506 e. The molecule has 0 unspecified atom stereocenters. The van der Waals surface area contributed by atoms with Gasteiger partial charge in [-0.15, -0.1) is 22.7 Å². The number of aromatic nitrogens is 2. The number of carbonyl (C=O) groups is 3. The Morgan fingerprint density at radius 3 is 1.96 bits per heavy atom. The summed E-state index contributed by atoms with van der Waals surface area (Å²) in [6, 6.07) is 2.91. The number of thiazole rings is 2. The molecule has 8 nitrogen and oxygen atoms in total. The zero-order valence-electron chi connectivity index (χ0n) is 14.0. The van der Waals surface area contributed by atoms with E-state index in [2.05, 4.69) is 9.97 Å². The Morgan fingerprint density at radius 2 is 1.48 bits per heavy atom. The van der Waals surface area contributed by atoms with Gasteiger partial charge in [-0.1, -0.05) is 0 Å². The third kappa shape index (κ3) is 3.32. The van der Waals surface area contributed by atoms with Crippen LogP contribution in [0.2, 0.25) is 0 Å². The molecule has 0 saturated heterocycles. The number of carboxylic acids is 2. The lowest BCUT2D eigenvalue weighted by Gasteiger charge is -2.07. The molecule has 0 atom stereocenters. The summed E-state index contributed by atoms with van der Waals surface area (Å²) in [6.07, 6.45) is 0.458. The highest BCUT2D eigenvalue weighted by atomic mass is 32.1. The number of benzene rings is 1. The molecule has 3 aromatic rings. The van der Waals surface area contributed by atoms with E-state index in [9.17, 15) is 29.7 Å².